The number of rotatable bonds is 3. The molecule has 0 saturated carbocycles. The average molecular weight is 298 g/mol. The minimum absolute atomic E-state index is 0.0997. The number of aromatic nitrogens is 2. The van der Waals surface area contributed by atoms with Crippen molar-refractivity contribution in [3.05, 3.63) is 47.2 Å². The number of nitrogens with one attached hydrogen (secondary N) is 2. The van der Waals surface area contributed by atoms with Crippen LogP contribution in [0.2, 0.25) is 0 Å². The van der Waals surface area contributed by atoms with Crippen LogP contribution in [0, 0.1) is 13.8 Å². The highest BCUT2D eigenvalue weighted by Gasteiger charge is 2.13. The van der Waals surface area contributed by atoms with E-state index < -0.39 is 0 Å². The summed E-state index contributed by atoms with van der Waals surface area (Å²) in [6, 6.07) is 9.31. The van der Waals surface area contributed by atoms with E-state index in [4.69, 9.17) is 0 Å². The van der Waals surface area contributed by atoms with Crippen LogP contribution in [-0.4, -0.2) is 21.6 Å². The van der Waals surface area contributed by atoms with Crippen molar-refractivity contribution in [2.75, 3.05) is 10.6 Å². The summed E-state index contributed by atoms with van der Waals surface area (Å²) in [6.45, 7) is 10.1. The quantitative estimate of drug-likeness (QED) is 0.909. The third-order valence-corrected chi connectivity index (χ3v) is 3.03. The van der Waals surface area contributed by atoms with Gasteiger partial charge >= 0.3 is 0 Å². The fourth-order valence-corrected chi connectivity index (χ4v) is 2.04. The van der Waals surface area contributed by atoms with Crippen LogP contribution in [0.3, 0.4) is 0 Å². The van der Waals surface area contributed by atoms with Gasteiger partial charge < -0.3 is 10.6 Å². The van der Waals surface area contributed by atoms with Crippen LogP contribution in [-0.2, 0) is 0 Å². The molecule has 1 heterocycles. The normalized spacial score (nSPS) is 11.1. The standard InChI is InChI=1S/C17H22N4O/c1-11-6-7-13(12(2)10-11)18-16(22)14-8-9-15(21-20-14)19-17(3,4)5/h6-10H,1-5H3,(H,18,22)(H,19,21). The van der Waals surface area contributed by atoms with Gasteiger partial charge in [0.15, 0.2) is 5.69 Å². The Kier molecular flexibility index (Phi) is 4.45. The fourth-order valence-electron chi connectivity index (χ4n) is 2.04. The van der Waals surface area contributed by atoms with Gasteiger partial charge in [-0.1, -0.05) is 17.7 Å². The molecule has 1 amide bonds. The van der Waals surface area contributed by atoms with Crippen LogP contribution in [0.25, 0.3) is 0 Å². The molecule has 1 aromatic carbocycles. The molecular formula is C17H22N4O. The van der Waals surface area contributed by atoms with Gasteiger partial charge in [-0.25, -0.2) is 0 Å². The molecule has 2 aromatic rings. The van der Waals surface area contributed by atoms with Crippen molar-refractivity contribution in [3.63, 3.8) is 0 Å². The second-order valence-electron chi connectivity index (χ2n) is 6.45. The Labute approximate surface area is 131 Å². The molecule has 0 bridgehead atoms. The van der Waals surface area contributed by atoms with Gasteiger partial charge in [0.25, 0.3) is 5.91 Å². The zero-order valence-corrected chi connectivity index (χ0v) is 13.7. The van der Waals surface area contributed by atoms with Crippen LogP contribution < -0.4 is 10.6 Å². The third kappa shape index (κ3) is 4.28. The minimum Gasteiger partial charge on any atom is -0.364 e. The van der Waals surface area contributed by atoms with Gasteiger partial charge in [-0.2, -0.15) is 0 Å². The summed E-state index contributed by atoms with van der Waals surface area (Å²) in [6.07, 6.45) is 0. The fraction of sp³-hybridized carbons (Fsp3) is 0.353. The molecule has 0 saturated heterocycles. The lowest BCUT2D eigenvalue weighted by atomic mass is 10.1. The Morgan fingerprint density at radius 2 is 1.77 bits per heavy atom. The second kappa shape index (κ2) is 6.13. The van der Waals surface area contributed by atoms with Crippen molar-refractivity contribution < 1.29 is 4.79 Å². The lowest BCUT2D eigenvalue weighted by Gasteiger charge is -2.20. The van der Waals surface area contributed by atoms with Crippen molar-refractivity contribution in [3.8, 4) is 0 Å². The van der Waals surface area contributed by atoms with Crippen LogP contribution >= 0.6 is 0 Å². The summed E-state index contributed by atoms with van der Waals surface area (Å²) in [5.74, 6) is 0.386. The SMILES string of the molecule is Cc1ccc(NC(=O)c2ccc(NC(C)(C)C)nn2)c(C)c1. The Hall–Kier alpha value is -2.43. The number of nitrogens with zero attached hydrogens (tertiary/aromatic N) is 2. The highest BCUT2D eigenvalue weighted by atomic mass is 16.1. The van der Waals surface area contributed by atoms with Gasteiger partial charge in [0.2, 0.25) is 0 Å². The van der Waals surface area contributed by atoms with Gasteiger partial charge in [-0.15, -0.1) is 10.2 Å². The number of amides is 1. The molecule has 5 heteroatoms. The first-order chi connectivity index (χ1) is 10.2. The molecule has 2 N–H and O–H groups in total. The van der Waals surface area contributed by atoms with E-state index in [0.717, 1.165) is 16.8 Å². The van der Waals surface area contributed by atoms with Gasteiger partial charge in [-0.05, 0) is 58.4 Å². The van der Waals surface area contributed by atoms with Crippen LogP contribution in [0.5, 0.6) is 0 Å². The molecule has 2 rings (SSSR count). The van der Waals surface area contributed by atoms with Crippen molar-refractivity contribution in [1.82, 2.24) is 10.2 Å². The van der Waals surface area contributed by atoms with Gasteiger partial charge in [0.1, 0.15) is 5.82 Å². The number of carbonyl (C=O) groups is 1. The van der Waals surface area contributed by atoms with Gasteiger partial charge in [0, 0.05) is 11.2 Å². The molecule has 0 aliphatic rings. The molecule has 0 unspecified atom stereocenters. The third-order valence-electron chi connectivity index (χ3n) is 3.03. The summed E-state index contributed by atoms with van der Waals surface area (Å²) < 4.78 is 0. The summed E-state index contributed by atoms with van der Waals surface area (Å²) in [4.78, 5) is 12.2. The largest absolute Gasteiger partial charge is 0.364 e. The first-order valence-corrected chi connectivity index (χ1v) is 7.25. The maximum atomic E-state index is 12.2. The monoisotopic (exact) mass is 298 g/mol. The van der Waals surface area contributed by atoms with Crippen molar-refractivity contribution in [2.24, 2.45) is 0 Å². The molecule has 1 aromatic heterocycles. The number of carbonyl (C=O) groups excluding carboxylic acids is 1. The number of aryl methyl sites for hydroxylation is 2. The highest BCUT2D eigenvalue weighted by Crippen LogP contribution is 2.17. The molecule has 5 nitrogen and oxygen atoms in total. The number of hydrogen-bond donors (Lipinski definition) is 2. The Morgan fingerprint density at radius 1 is 1.05 bits per heavy atom. The average Bonchev–Trinajstić information content (AvgIpc) is 2.41. The molecule has 116 valence electrons. The summed E-state index contributed by atoms with van der Waals surface area (Å²) in [5, 5.41) is 14.1. The smallest absolute Gasteiger partial charge is 0.276 e. The van der Waals surface area contributed by atoms with Crippen molar-refractivity contribution >= 4 is 17.4 Å². The number of hydrogen-bond acceptors (Lipinski definition) is 4. The molecular weight excluding hydrogens is 276 g/mol. The van der Waals surface area contributed by atoms with Crippen LogP contribution in [0.4, 0.5) is 11.5 Å². The lowest BCUT2D eigenvalue weighted by Crippen LogP contribution is -2.27. The first-order valence-electron chi connectivity index (χ1n) is 7.25. The van der Waals surface area contributed by atoms with Crippen LogP contribution in [0.15, 0.2) is 30.3 Å². The maximum absolute atomic E-state index is 12.2. The zero-order valence-electron chi connectivity index (χ0n) is 13.7. The first kappa shape index (κ1) is 15.9. The lowest BCUT2D eigenvalue weighted by molar-refractivity contribution is 0.102. The molecule has 0 fully saturated rings. The van der Waals surface area contributed by atoms with Crippen LogP contribution in [0.1, 0.15) is 42.4 Å². The predicted octanol–water partition coefficient (Wildman–Crippen LogP) is 3.56. The Morgan fingerprint density at radius 3 is 2.32 bits per heavy atom. The van der Waals surface area contributed by atoms with E-state index in [1.54, 1.807) is 12.1 Å². The number of benzene rings is 1. The summed E-state index contributed by atoms with van der Waals surface area (Å²) >= 11 is 0. The molecule has 22 heavy (non-hydrogen) atoms. The van der Waals surface area contributed by atoms with E-state index in [0.29, 0.717) is 11.5 Å². The second-order valence-corrected chi connectivity index (χ2v) is 6.45. The molecule has 0 atom stereocenters. The number of anilines is 2. The Bertz CT molecular complexity index is 672. The minimum atomic E-state index is -0.262. The zero-order chi connectivity index (χ0) is 16.3. The van der Waals surface area contributed by atoms with Gasteiger partial charge in [-0.3, -0.25) is 4.79 Å². The van der Waals surface area contributed by atoms with Crippen molar-refractivity contribution in [1.29, 1.82) is 0 Å². The van der Waals surface area contributed by atoms with E-state index in [1.165, 1.54) is 0 Å². The van der Waals surface area contributed by atoms with E-state index in [1.807, 2.05) is 52.8 Å². The highest BCUT2D eigenvalue weighted by molar-refractivity contribution is 6.03. The van der Waals surface area contributed by atoms with E-state index in [2.05, 4.69) is 20.8 Å². The van der Waals surface area contributed by atoms with E-state index >= 15 is 0 Å². The van der Waals surface area contributed by atoms with Crippen molar-refractivity contribution in [2.45, 2.75) is 40.2 Å². The molecule has 0 aliphatic heterocycles. The predicted molar refractivity (Wildman–Crippen MR) is 89.3 cm³/mol. The van der Waals surface area contributed by atoms with Gasteiger partial charge in [0.05, 0.1) is 0 Å². The Balaban J connectivity index is 2.10. The van der Waals surface area contributed by atoms with E-state index in [9.17, 15) is 4.79 Å². The topological polar surface area (TPSA) is 66.9 Å². The summed E-state index contributed by atoms with van der Waals surface area (Å²) in [7, 11) is 0. The summed E-state index contributed by atoms with van der Waals surface area (Å²) in [5.41, 5.74) is 3.16. The maximum Gasteiger partial charge on any atom is 0.276 e. The molecule has 0 aliphatic carbocycles. The molecule has 0 spiro atoms. The van der Waals surface area contributed by atoms with E-state index in [-0.39, 0.29) is 11.4 Å². The molecule has 0 radical (unpaired) electrons.